The van der Waals surface area contributed by atoms with Gasteiger partial charge in [0.2, 0.25) is 5.91 Å². The number of carbonyl (C=O) groups is 2. The van der Waals surface area contributed by atoms with E-state index in [1.54, 1.807) is 34.5 Å². The molecule has 0 unspecified atom stereocenters. The van der Waals surface area contributed by atoms with E-state index in [0.717, 1.165) is 31.5 Å². The highest BCUT2D eigenvalue weighted by atomic mass is 19.1. The number of hydrogen-bond donors (Lipinski definition) is 0. The second kappa shape index (κ2) is 8.04. The fourth-order valence-electron chi connectivity index (χ4n) is 3.90. The van der Waals surface area contributed by atoms with Crippen LogP contribution in [0.5, 0.6) is 0 Å². The smallest absolute Gasteiger partial charge is 0.276 e. The molecule has 8 nitrogen and oxygen atoms in total. The van der Waals surface area contributed by atoms with Crippen LogP contribution < -0.4 is 0 Å². The van der Waals surface area contributed by atoms with Crippen LogP contribution in [0.25, 0.3) is 0 Å². The summed E-state index contributed by atoms with van der Waals surface area (Å²) >= 11 is 0. The third kappa shape index (κ3) is 4.02. The first kappa shape index (κ1) is 18.5. The summed E-state index contributed by atoms with van der Waals surface area (Å²) in [6.45, 7) is 1.89. The van der Waals surface area contributed by atoms with E-state index < -0.39 is 6.17 Å². The van der Waals surface area contributed by atoms with Gasteiger partial charge in [-0.25, -0.2) is 9.07 Å². The van der Waals surface area contributed by atoms with Crippen molar-refractivity contribution >= 4 is 11.8 Å². The van der Waals surface area contributed by atoms with E-state index in [1.807, 2.05) is 6.07 Å². The molecule has 4 rings (SSSR count). The summed E-state index contributed by atoms with van der Waals surface area (Å²) in [6.07, 6.45) is 6.29. The number of aromatic nitrogens is 4. The number of nitrogens with zero attached hydrogens (tertiary/aromatic N) is 6. The third-order valence-corrected chi connectivity index (χ3v) is 5.31. The van der Waals surface area contributed by atoms with Crippen LogP contribution in [0, 0.1) is 0 Å². The van der Waals surface area contributed by atoms with Crippen LogP contribution in [-0.2, 0) is 17.8 Å². The normalized spacial score (nSPS) is 22.0. The lowest BCUT2D eigenvalue weighted by Crippen LogP contribution is -2.39. The molecule has 4 heterocycles. The van der Waals surface area contributed by atoms with Crippen LogP contribution in [0.4, 0.5) is 4.39 Å². The van der Waals surface area contributed by atoms with Crippen molar-refractivity contribution in [2.24, 2.45) is 0 Å². The van der Waals surface area contributed by atoms with Crippen molar-refractivity contribution in [3.8, 4) is 0 Å². The molecule has 148 valence electrons. The van der Waals surface area contributed by atoms with Crippen LogP contribution in [0.3, 0.4) is 0 Å². The molecule has 2 saturated heterocycles. The minimum atomic E-state index is -1.06. The van der Waals surface area contributed by atoms with Crippen LogP contribution >= 0.6 is 0 Å². The van der Waals surface area contributed by atoms with Crippen molar-refractivity contribution in [2.45, 2.75) is 44.4 Å². The Kier molecular flexibility index (Phi) is 5.31. The predicted octanol–water partition coefficient (Wildman–Crippen LogP) is 1.09. The Labute approximate surface area is 162 Å². The molecule has 0 spiro atoms. The molecular weight excluding hydrogens is 363 g/mol. The van der Waals surface area contributed by atoms with Crippen LogP contribution in [0.15, 0.2) is 30.7 Å². The second-order valence-corrected chi connectivity index (χ2v) is 7.40. The predicted molar refractivity (Wildman–Crippen MR) is 98.1 cm³/mol. The number of carbonyl (C=O) groups excluding carboxylic acids is 2. The highest BCUT2D eigenvalue weighted by molar-refractivity contribution is 5.92. The number of halogens is 1. The van der Waals surface area contributed by atoms with E-state index in [9.17, 15) is 14.0 Å². The number of pyridine rings is 1. The van der Waals surface area contributed by atoms with Crippen LogP contribution in [0.2, 0.25) is 0 Å². The second-order valence-electron chi connectivity index (χ2n) is 7.40. The molecule has 2 amide bonds. The van der Waals surface area contributed by atoms with Gasteiger partial charge in [-0.15, -0.1) is 5.10 Å². The van der Waals surface area contributed by atoms with Crippen molar-refractivity contribution < 1.29 is 14.0 Å². The number of rotatable bonds is 5. The summed E-state index contributed by atoms with van der Waals surface area (Å²) in [5.74, 6) is -0.255. The van der Waals surface area contributed by atoms with Crippen LogP contribution in [0.1, 0.15) is 35.3 Å². The minimum absolute atomic E-state index is 0.0814. The van der Waals surface area contributed by atoms with E-state index in [2.05, 4.69) is 15.3 Å². The Morgan fingerprint density at radius 2 is 2.07 bits per heavy atom. The molecular formula is C19H23FN6O2. The number of hydrogen-bond acceptors (Lipinski definition) is 5. The molecule has 28 heavy (non-hydrogen) atoms. The summed E-state index contributed by atoms with van der Waals surface area (Å²) in [4.78, 5) is 32.4. The SMILES string of the molecule is O=C(c1cn(C[C@@H]2C[C@H](F)CN2C(=O)Cc2cccnc2)nn1)N1CCCC1. The first-order valence-corrected chi connectivity index (χ1v) is 9.62. The Balaban J connectivity index is 1.41. The molecule has 9 heteroatoms. The minimum Gasteiger partial charge on any atom is -0.337 e. The summed E-state index contributed by atoms with van der Waals surface area (Å²) in [6, 6.07) is 3.29. The van der Waals surface area contributed by atoms with Gasteiger partial charge in [0.15, 0.2) is 5.69 Å². The van der Waals surface area contributed by atoms with Gasteiger partial charge in [-0.2, -0.15) is 0 Å². The standard InChI is InChI=1S/C19H23FN6O2/c20-15-9-16(26(11-15)18(27)8-14-4-3-5-21-10-14)12-25-13-17(22-23-25)19(28)24-6-1-2-7-24/h3-5,10,13,15-16H,1-2,6-9,11-12H2/t15-,16-/m0/s1. The van der Waals surface area contributed by atoms with E-state index in [4.69, 9.17) is 0 Å². The van der Waals surface area contributed by atoms with Gasteiger partial charge in [-0.1, -0.05) is 11.3 Å². The molecule has 2 atom stereocenters. The molecule has 2 fully saturated rings. The van der Waals surface area contributed by atoms with Gasteiger partial charge >= 0.3 is 0 Å². The molecule has 0 aromatic carbocycles. The Morgan fingerprint density at radius 3 is 2.82 bits per heavy atom. The van der Waals surface area contributed by atoms with Gasteiger partial charge in [-0.05, 0) is 24.5 Å². The fraction of sp³-hybridized carbons (Fsp3) is 0.526. The van der Waals surface area contributed by atoms with E-state index in [1.165, 1.54) is 4.68 Å². The maximum absolute atomic E-state index is 14.1. The monoisotopic (exact) mass is 386 g/mol. The highest BCUT2D eigenvalue weighted by Gasteiger charge is 2.35. The van der Waals surface area contributed by atoms with Gasteiger partial charge in [0.05, 0.1) is 31.7 Å². The zero-order valence-electron chi connectivity index (χ0n) is 15.6. The van der Waals surface area contributed by atoms with Gasteiger partial charge in [-0.3, -0.25) is 14.6 Å². The van der Waals surface area contributed by atoms with Crippen molar-refractivity contribution in [3.05, 3.63) is 42.0 Å². The zero-order chi connectivity index (χ0) is 19.5. The third-order valence-electron chi connectivity index (χ3n) is 5.31. The van der Waals surface area contributed by atoms with Crippen molar-refractivity contribution in [2.75, 3.05) is 19.6 Å². The lowest BCUT2D eigenvalue weighted by atomic mass is 10.1. The van der Waals surface area contributed by atoms with Crippen molar-refractivity contribution in [3.63, 3.8) is 0 Å². The molecule has 0 N–H and O–H groups in total. The summed E-state index contributed by atoms with van der Waals surface area (Å²) in [5.41, 5.74) is 1.10. The number of alkyl halides is 1. The summed E-state index contributed by atoms with van der Waals surface area (Å²) in [5, 5.41) is 8.00. The lowest BCUT2D eigenvalue weighted by Gasteiger charge is -2.24. The molecule has 2 aliphatic heterocycles. The topological polar surface area (TPSA) is 84.2 Å². The van der Waals surface area contributed by atoms with Gasteiger partial charge in [0.1, 0.15) is 6.17 Å². The van der Waals surface area contributed by atoms with E-state index >= 15 is 0 Å². The maximum atomic E-state index is 14.1. The lowest BCUT2D eigenvalue weighted by molar-refractivity contribution is -0.131. The summed E-state index contributed by atoms with van der Waals surface area (Å²) in [7, 11) is 0. The molecule has 2 aromatic heterocycles. The molecule has 2 aliphatic rings. The maximum Gasteiger partial charge on any atom is 0.276 e. The Hall–Kier alpha value is -2.84. The quantitative estimate of drug-likeness (QED) is 0.768. The zero-order valence-corrected chi connectivity index (χ0v) is 15.6. The Bertz CT molecular complexity index is 836. The highest BCUT2D eigenvalue weighted by Crippen LogP contribution is 2.23. The molecule has 0 radical (unpaired) electrons. The Morgan fingerprint density at radius 1 is 1.25 bits per heavy atom. The average Bonchev–Trinajstić information content (AvgIpc) is 3.43. The fourth-order valence-corrected chi connectivity index (χ4v) is 3.90. The number of amides is 2. The molecule has 0 saturated carbocycles. The van der Waals surface area contributed by atoms with Crippen molar-refractivity contribution in [1.82, 2.24) is 29.8 Å². The average molecular weight is 386 g/mol. The van der Waals surface area contributed by atoms with Crippen LogP contribution in [-0.4, -0.2) is 73.4 Å². The first-order valence-electron chi connectivity index (χ1n) is 9.62. The van der Waals surface area contributed by atoms with E-state index in [-0.39, 0.29) is 37.2 Å². The summed E-state index contributed by atoms with van der Waals surface area (Å²) < 4.78 is 15.6. The van der Waals surface area contributed by atoms with E-state index in [0.29, 0.717) is 12.2 Å². The largest absolute Gasteiger partial charge is 0.337 e. The molecule has 2 aromatic rings. The van der Waals surface area contributed by atoms with Gasteiger partial charge in [0.25, 0.3) is 5.91 Å². The first-order chi connectivity index (χ1) is 13.6. The van der Waals surface area contributed by atoms with Gasteiger partial charge < -0.3 is 9.80 Å². The van der Waals surface area contributed by atoms with Gasteiger partial charge in [0, 0.05) is 31.9 Å². The number of likely N-dealkylation sites (tertiary alicyclic amines) is 2. The molecule has 0 aliphatic carbocycles. The van der Waals surface area contributed by atoms with Crippen molar-refractivity contribution in [1.29, 1.82) is 0 Å². The molecule has 0 bridgehead atoms.